The van der Waals surface area contributed by atoms with Crippen molar-refractivity contribution in [3.8, 4) is 0 Å². The maximum absolute atomic E-state index is 13.4. The Labute approximate surface area is 184 Å². The molecule has 0 fully saturated rings. The third-order valence-electron chi connectivity index (χ3n) is 6.04. The molecule has 30 heavy (non-hydrogen) atoms. The highest BCUT2D eigenvalue weighted by atomic mass is 32.2. The van der Waals surface area contributed by atoms with Crippen molar-refractivity contribution in [3.63, 3.8) is 0 Å². The molecule has 0 unspecified atom stereocenters. The van der Waals surface area contributed by atoms with Gasteiger partial charge in [-0.1, -0.05) is 52.3 Å². The average Bonchev–Trinajstić information content (AvgIpc) is 2.49. The lowest BCUT2D eigenvalue weighted by atomic mass is 9.99. The SMILES string of the molecule is Cc1cc(C)c(S(=O)(=O)C[C@H](O[Si](C)(C)C(C)(C)C)[C@@H](O)[C@@H](O)CC(C)C)c(C)c1. The van der Waals surface area contributed by atoms with Gasteiger partial charge in [-0.25, -0.2) is 8.42 Å². The van der Waals surface area contributed by atoms with Crippen LogP contribution in [-0.4, -0.2) is 51.0 Å². The van der Waals surface area contributed by atoms with Gasteiger partial charge in [-0.3, -0.25) is 0 Å². The molecule has 0 radical (unpaired) electrons. The summed E-state index contributed by atoms with van der Waals surface area (Å²) in [6, 6.07) is 3.71. The first kappa shape index (κ1) is 27.3. The van der Waals surface area contributed by atoms with Gasteiger partial charge in [0, 0.05) is 0 Å². The summed E-state index contributed by atoms with van der Waals surface area (Å²) in [7, 11) is -6.13. The van der Waals surface area contributed by atoms with Gasteiger partial charge >= 0.3 is 0 Å². The van der Waals surface area contributed by atoms with Crippen LogP contribution in [0.4, 0.5) is 0 Å². The molecule has 0 saturated heterocycles. The van der Waals surface area contributed by atoms with Crippen LogP contribution < -0.4 is 0 Å². The third-order valence-corrected chi connectivity index (χ3v) is 12.6. The van der Waals surface area contributed by atoms with Crippen molar-refractivity contribution in [2.24, 2.45) is 5.92 Å². The summed E-state index contributed by atoms with van der Waals surface area (Å²) in [6.45, 7) is 19.7. The molecule has 3 atom stereocenters. The van der Waals surface area contributed by atoms with E-state index in [-0.39, 0.29) is 16.7 Å². The van der Waals surface area contributed by atoms with Crippen molar-refractivity contribution in [3.05, 3.63) is 28.8 Å². The number of aryl methyl sites for hydroxylation is 3. The smallest absolute Gasteiger partial charge is 0.192 e. The van der Waals surface area contributed by atoms with Crippen LogP contribution in [0.5, 0.6) is 0 Å². The second-order valence-electron chi connectivity index (χ2n) is 10.6. The van der Waals surface area contributed by atoms with Crippen LogP contribution in [0, 0.1) is 26.7 Å². The maximum atomic E-state index is 13.4. The number of aliphatic hydroxyl groups excluding tert-OH is 2. The zero-order chi connectivity index (χ0) is 23.7. The first-order valence-electron chi connectivity index (χ1n) is 10.7. The molecule has 5 nitrogen and oxygen atoms in total. The van der Waals surface area contributed by atoms with Crippen LogP contribution in [0.2, 0.25) is 18.1 Å². The van der Waals surface area contributed by atoms with E-state index in [1.54, 1.807) is 13.8 Å². The Hall–Kier alpha value is -0.733. The molecule has 0 saturated carbocycles. The minimum Gasteiger partial charge on any atom is -0.410 e. The Morgan fingerprint density at radius 1 is 1.03 bits per heavy atom. The van der Waals surface area contributed by atoms with Gasteiger partial charge in [0.2, 0.25) is 0 Å². The number of benzene rings is 1. The van der Waals surface area contributed by atoms with E-state index in [0.29, 0.717) is 22.4 Å². The molecule has 0 aromatic heterocycles. The number of hydrogen-bond acceptors (Lipinski definition) is 5. The minimum absolute atomic E-state index is 0.159. The average molecular weight is 459 g/mol. The van der Waals surface area contributed by atoms with Crippen LogP contribution in [-0.2, 0) is 14.3 Å². The van der Waals surface area contributed by atoms with Gasteiger partial charge in [0.25, 0.3) is 0 Å². The van der Waals surface area contributed by atoms with Crippen molar-refractivity contribution in [1.82, 2.24) is 0 Å². The van der Waals surface area contributed by atoms with E-state index in [9.17, 15) is 18.6 Å². The summed E-state index contributed by atoms with van der Waals surface area (Å²) in [5, 5.41) is 21.3. The van der Waals surface area contributed by atoms with E-state index in [2.05, 4.69) is 20.8 Å². The van der Waals surface area contributed by atoms with E-state index in [4.69, 9.17) is 4.43 Å². The quantitative estimate of drug-likeness (QED) is 0.531. The molecule has 0 heterocycles. The van der Waals surface area contributed by atoms with Crippen LogP contribution in [0.25, 0.3) is 0 Å². The number of sulfone groups is 1. The molecule has 0 aliphatic heterocycles. The highest BCUT2D eigenvalue weighted by Gasteiger charge is 2.43. The molecule has 1 aromatic rings. The summed E-state index contributed by atoms with van der Waals surface area (Å²) in [5.74, 6) is -0.193. The molecule has 1 rings (SSSR count). The lowest BCUT2D eigenvalue weighted by Crippen LogP contribution is -2.52. The highest BCUT2D eigenvalue weighted by Crippen LogP contribution is 2.38. The van der Waals surface area contributed by atoms with E-state index >= 15 is 0 Å². The van der Waals surface area contributed by atoms with Gasteiger partial charge < -0.3 is 14.6 Å². The van der Waals surface area contributed by atoms with E-state index in [1.165, 1.54) is 0 Å². The second kappa shape index (κ2) is 9.82. The van der Waals surface area contributed by atoms with Gasteiger partial charge in [-0.05, 0) is 62.4 Å². The second-order valence-corrected chi connectivity index (χ2v) is 17.3. The standard InChI is InChI=1S/C23H42O5SSi/c1-15(2)11-19(24)21(25)20(28-30(9,10)23(6,7)8)14-29(26,27)22-17(4)12-16(3)13-18(22)5/h12-13,15,19-21,24-25H,11,14H2,1-10H3/t19-,20-,21-/m0/s1. The van der Waals surface area contributed by atoms with Crippen LogP contribution in [0.1, 0.15) is 57.7 Å². The molecule has 2 N–H and O–H groups in total. The zero-order valence-corrected chi connectivity index (χ0v) is 22.2. The van der Waals surface area contributed by atoms with E-state index < -0.39 is 36.5 Å². The predicted molar refractivity (Wildman–Crippen MR) is 126 cm³/mol. The van der Waals surface area contributed by atoms with Gasteiger partial charge in [-0.2, -0.15) is 0 Å². The highest BCUT2D eigenvalue weighted by molar-refractivity contribution is 7.91. The Morgan fingerprint density at radius 3 is 1.90 bits per heavy atom. The number of aliphatic hydroxyl groups is 2. The fourth-order valence-electron chi connectivity index (χ4n) is 3.58. The minimum atomic E-state index is -3.74. The maximum Gasteiger partial charge on any atom is 0.192 e. The molecule has 0 spiro atoms. The molecule has 0 amide bonds. The summed E-state index contributed by atoms with van der Waals surface area (Å²) >= 11 is 0. The molecule has 0 aliphatic carbocycles. The normalized spacial score (nSPS) is 16.6. The monoisotopic (exact) mass is 458 g/mol. The van der Waals surface area contributed by atoms with Gasteiger partial charge in [0.15, 0.2) is 18.2 Å². The van der Waals surface area contributed by atoms with E-state index in [1.807, 2.05) is 46.0 Å². The largest absolute Gasteiger partial charge is 0.410 e. The summed E-state index contributed by atoms with van der Waals surface area (Å²) in [5.41, 5.74) is 2.39. The fraction of sp³-hybridized carbons (Fsp3) is 0.739. The van der Waals surface area contributed by atoms with Crippen molar-refractivity contribution < 1.29 is 23.1 Å². The summed E-state index contributed by atoms with van der Waals surface area (Å²) in [4.78, 5) is 0.294. The lowest BCUT2D eigenvalue weighted by molar-refractivity contribution is -0.0523. The Bertz CT molecular complexity index is 801. The van der Waals surface area contributed by atoms with Gasteiger partial charge in [0.05, 0.1) is 22.9 Å². The number of rotatable bonds is 9. The summed E-state index contributed by atoms with van der Waals surface area (Å²) < 4.78 is 33.2. The Kier molecular flexibility index (Phi) is 8.93. The Morgan fingerprint density at radius 2 is 1.50 bits per heavy atom. The first-order valence-corrected chi connectivity index (χ1v) is 15.3. The van der Waals surface area contributed by atoms with Gasteiger partial charge in [-0.15, -0.1) is 0 Å². The van der Waals surface area contributed by atoms with Crippen molar-refractivity contribution in [1.29, 1.82) is 0 Å². The topological polar surface area (TPSA) is 83.8 Å². The molecule has 174 valence electrons. The molecule has 0 bridgehead atoms. The van der Waals surface area contributed by atoms with Crippen LogP contribution in [0.3, 0.4) is 0 Å². The van der Waals surface area contributed by atoms with Crippen molar-refractivity contribution in [2.75, 3.05) is 5.75 Å². The lowest BCUT2D eigenvalue weighted by Gasteiger charge is -2.41. The molecular weight excluding hydrogens is 416 g/mol. The third kappa shape index (κ3) is 6.89. The first-order chi connectivity index (χ1) is 13.4. The Balaban J connectivity index is 3.38. The number of hydrogen-bond donors (Lipinski definition) is 2. The van der Waals surface area contributed by atoms with Gasteiger partial charge in [0.1, 0.15) is 6.10 Å². The van der Waals surface area contributed by atoms with Crippen molar-refractivity contribution in [2.45, 2.75) is 103 Å². The summed E-state index contributed by atoms with van der Waals surface area (Å²) in [6.07, 6.45) is -2.94. The van der Waals surface area contributed by atoms with Crippen LogP contribution in [0.15, 0.2) is 17.0 Å². The van der Waals surface area contributed by atoms with E-state index in [0.717, 1.165) is 5.56 Å². The fourth-order valence-corrected chi connectivity index (χ4v) is 7.00. The molecule has 0 aliphatic rings. The molecule has 1 aromatic carbocycles. The zero-order valence-electron chi connectivity index (χ0n) is 20.4. The van der Waals surface area contributed by atoms with Crippen LogP contribution >= 0.6 is 0 Å². The molecular formula is C23H42O5SSi. The van der Waals surface area contributed by atoms with Crippen molar-refractivity contribution >= 4 is 18.2 Å². The predicted octanol–water partition coefficient (Wildman–Crippen LogP) is 4.54. The molecule has 7 heteroatoms.